The molecular formula is C29H41NO7. The molecule has 0 aliphatic heterocycles. The van der Waals surface area contributed by atoms with Crippen molar-refractivity contribution >= 4 is 12.1 Å². The van der Waals surface area contributed by atoms with Gasteiger partial charge in [0, 0.05) is 24.4 Å². The van der Waals surface area contributed by atoms with Gasteiger partial charge < -0.3 is 24.7 Å². The summed E-state index contributed by atoms with van der Waals surface area (Å²) in [6.45, 7) is 4.96. The highest BCUT2D eigenvalue weighted by molar-refractivity contribution is 5.68. The number of hydrogen-bond donors (Lipinski definition) is 3. The molecule has 1 amide bonds. The largest absolute Gasteiger partial charge is 0.481 e. The number of aliphatic carboxylic acids is 1. The molecule has 1 heterocycles. The minimum absolute atomic E-state index is 0.0284. The average molecular weight is 516 g/mol. The summed E-state index contributed by atoms with van der Waals surface area (Å²) in [7, 11) is 0. The van der Waals surface area contributed by atoms with Gasteiger partial charge in [-0.1, -0.05) is 13.8 Å². The number of nitrogens with one attached hydrogen (secondary N) is 1. The van der Waals surface area contributed by atoms with E-state index in [1.54, 1.807) is 6.26 Å². The van der Waals surface area contributed by atoms with E-state index in [1.807, 2.05) is 6.07 Å². The zero-order valence-corrected chi connectivity index (χ0v) is 22.0. The van der Waals surface area contributed by atoms with E-state index in [0.717, 1.165) is 63.4 Å². The second-order valence-electron chi connectivity index (χ2n) is 12.6. The molecule has 0 aromatic carbocycles. The molecule has 4 aliphatic rings. The Hall–Kier alpha value is -2.35. The second kappa shape index (κ2) is 9.75. The molecule has 1 unspecified atom stereocenters. The Kier molecular flexibility index (Phi) is 6.92. The van der Waals surface area contributed by atoms with Crippen LogP contribution in [0.15, 0.2) is 27.6 Å². The molecule has 0 radical (unpaired) electrons. The fourth-order valence-corrected chi connectivity index (χ4v) is 9.02. The number of carboxylic acids is 1. The Labute approximate surface area is 218 Å². The van der Waals surface area contributed by atoms with Crippen LogP contribution in [0.25, 0.3) is 0 Å². The molecule has 5 rings (SSSR count). The van der Waals surface area contributed by atoms with Gasteiger partial charge in [0.25, 0.3) is 0 Å². The molecule has 204 valence electrons. The molecule has 8 nitrogen and oxygen atoms in total. The van der Waals surface area contributed by atoms with E-state index in [9.17, 15) is 19.5 Å². The van der Waals surface area contributed by atoms with Gasteiger partial charge in [0.15, 0.2) is 0 Å². The maximum atomic E-state index is 12.4. The monoisotopic (exact) mass is 515 g/mol. The van der Waals surface area contributed by atoms with Crippen molar-refractivity contribution in [1.82, 2.24) is 5.32 Å². The van der Waals surface area contributed by atoms with Gasteiger partial charge in [-0.25, -0.2) is 9.59 Å². The van der Waals surface area contributed by atoms with E-state index in [4.69, 9.17) is 14.3 Å². The lowest BCUT2D eigenvalue weighted by molar-refractivity contribution is -0.205. The van der Waals surface area contributed by atoms with Gasteiger partial charge in [0.2, 0.25) is 0 Å². The lowest BCUT2D eigenvalue weighted by atomic mass is 9.43. The van der Waals surface area contributed by atoms with Crippen LogP contribution in [0.4, 0.5) is 4.79 Å². The maximum Gasteiger partial charge on any atom is 0.407 e. The summed E-state index contributed by atoms with van der Waals surface area (Å²) < 4.78 is 10.9. The van der Waals surface area contributed by atoms with Crippen molar-refractivity contribution in [3.63, 3.8) is 0 Å². The van der Waals surface area contributed by atoms with Crippen molar-refractivity contribution in [2.75, 3.05) is 6.54 Å². The third-order valence-corrected chi connectivity index (χ3v) is 11.0. The highest BCUT2D eigenvalue weighted by atomic mass is 16.6. The van der Waals surface area contributed by atoms with Crippen LogP contribution in [0.2, 0.25) is 0 Å². The quantitative estimate of drug-likeness (QED) is 0.463. The van der Waals surface area contributed by atoms with Gasteiger partial charge in [0.05, 0.1) is 11.9 Å². The Bertz CT molecular complexity index is 1070. The van der Waals surface area contributed by atoms with E-state index < -0.39 is 17.7 Å². The lowest BCUT2D eigenvalue weighted by Gasteiger charge is -2.63. The van der Waals surface area contributed by atoms with E-state index in [0.29, 0.717) is 24.8 Å². The van der Waals surface area contributed by atoms with Gasteiger partial charge in [-0.2, -0.15) is 0 Å². The number of hydrogen-bond acceptors (Lipinski definition) is 6. The van der Waals surface area contributed by atoms with Crippen LogP contribution in [-0.2, 0) is 9.53 Å². The summed E-state index contributed by atoms with van der Waals surface area (Å²) in [5, 5.41) is 23.8. The molecule has 8 atom stereocenters. The van der Waals surface area contributed by atoms with E-state index >= 15 is 0 Å². The van der Waals surface area contributed by atoms with Crippen molar-refractivity contribution < 1.29 is 29.0 Å². The number of aliphatic hydroxyl groups is 1. The first-order chi connectivity index (χ1) is 17.6. The average Bonchev–Trinajstić information content (AvgIpc) is 3.14. The summed E-state index contributed by atoms with van der Waals surface area (Å²) in [5.74, 6) is 0.477. The third-order valence-electron chi connectivity index (χ3n) is 11.0. The molecule has 3 N–H and O–H groups in total. The van der Waals surface area contributed by atoms with E-state index in [-0.39, 0.29) is 40.8 Å². The number of carbonyl (C=O) groups is 2. The predicted molar refractivity (Wildman–Crippen MR) is 136 cm³/mol. The summed E-state index contributed by atoms with van der Waals surface area (Å²) >= 11 is 0. The Morgan fingerprint density at radius 3 is 2.62 bits per heavy atom. The minimum Gasteiger partial charge on any atom is -0.481 e. The number of ether oxygens (including phenoxy) is 1. The summed E-state index contributed by atoms with van der Waals surface area (Å²) in [5.41, 5.74) is -0.165. The SMILES string of the molecule is C[C@]12CC[C@H](OC(=O)NCCCC(=O)O)C[C@H]1CC[C@@H]1[C@@H]2CC[C@]2(C)C(c3ccc(=O)oc3)CC[C@]12O. The van der Waals surface area contributed by atoms with Crippen molar-refractivity contribution in [2.45, 2.75) is 102 Å². The number of fused-ring (bicyclic) bond motifs is 5. The fourth-order valence-electron chi connectivity index (χ4n) is 9.02. The van der Waals surface area contributed by atoms with Gasteiger partial charge in [0.1, 0.15) is 6.10 Å². The van der Waals surface area contributed by atoms with Crippen molar-refractivity contribution in [3.8, 4) is 0 Å². The first kappa shape index (κ1) is 26.3. The highest BCUT2D eigenvalue weighted by Gasteiger charge is 2.67. The van der Waals surface area contributed by atoms with Gasteiger partial charge in [-0.3, -0.25) is 4.79 Å². The highest BCUT2D eigenvalue weighted by Crippen LogP contribution is 2.70. The third kappa shape index (κ3) is 4.49. The molecule has 8 heteroatoms. The summed E-state index contributed by atoms with van der Waals surface area (Å²) in [4.78, 5) is 34.4. The molecule has 37 heavy (non-hydrogen) atoms. The first-order valence-corrected chi connectivity index (χ1v) is 14.0. The maximum absolute atomic E-state index is 12.4. The van der Waals surface area contributed by atoms with Crippen LogP contribution >= 0.6 is 0 Å². The van der Waals surface area contributed by atoms with Crippen LogP contribution in [0.5, 0.6) is 0 Å². The minimum atomic E-state index is -0.869. The lowest BCUT2D eigenvalue weighted by Crippen LogP contribution is -2.62. The van der Waals surface area contributed by atoms with Gasteiger partial charge in [-0.05, 0) is 105 Å². The first-order valence-electron chi connectivity index (χ1n) is 14.0. The molecule has 1 aromatic rings. The van der Waals surface area contributed by atoms with Crippen LogP contribution < -0.4 is 10.9 Å². The van der Waals surface area contributed by atoms with Crippen molar-refractivity contribution in [2.24, 2.45) is 28.6 Å². The summed E-state index contributed by atoms with van der Waals surface area (Å²) in [6, 6.07) is 3.37. The smallest absolute Gasteiger partial charge is 0.407 e. The summed E-state index contributed by atoms with van der Waals surface area (Å²) in [6.07, 6.45) is 9.83. The van der Waals surface area contributed by atoms with Crippen molar-refractivity contribution in [1.29, 1.82) is 0 Å². The molecular weight excluding hydrogens is 474 g/mol. The standard InChI is InChI=1S/C29H41NO7/c1-27-12-9-20(37-26(34)30-15-3-4-24(31)32)16-19(27)6-7-23-22(27)10-13-28(2)21(11-14-29(23,28)35)18-5-8-25(33)36-17-18/h5,8,17,19-23,35H,3-4,6-7,9-16H2,1-2H3,(H,30,34)(H,31,32)/t19-,20+,21?,22+,23-,27+,28-,29+/m1/s1. The topological polar surface area (TPSA) is 126 Å². The van der Waals surface area contributed by atoms with Gasteiger partial charge >= 0.3 is 17.7 Å². The molecule has 4 saturated carbocycles. The Balaban J connectivity index is 1.24. The molecule has 0 saturated heterocycles. The number of carbonyl (C=O) groups excluding carboxylic acids is 1. The zero-order chi connectivity index (χ0) is 26.4. The molecule has 4 aliphatic carbocycles. The van der Waals surface area contributed by atoms with Crippen molar-refractivity contribution in [3.05, 3.63) is 34.4 Å². The van der Waals surface area contributed by atoms with E-state index in [2.05, 4.69) is 19.2 Å². The number of rotatable bonds is 6. The second-order valence-corrected chi connectivity index (χ2v) is 12.6. The van der Waals surface area contributed by atoms with E-state index in [1.165, 1.54) is 6.07 Å². The molecule has 0 spiro atoms. The number of alkyl carbamates (subject to hydrolysis) is 1. The predicted octanol–water partition coefficient (Wildman–Crippen LogP) is 4.84. The number of amides is 1. The van der Waals surface area contributed by atoms with Gasteiger partial charge in [-0.15, -0.1) is 0 Å². The van der Waals surface area contributed by atoms with Crippen LogP contribution in [-0.4, -0.2) is 40.5 Å². The fraction of sp³-hybridized carbons (Fsp3) is 0.759. The van der Waals surface area contributed by atoms with Crippen LogP contribution in [0.3, 0.4) is 0 Å². The Morgan fingerprint density at radius 1 is 1.08 bits per heavy atom. The molecule has 4 fully saturated rings. The normalized spacial score (nSPS) is 40.7. The zero-order valence-electron chi connectivity index (χ0n) is 22.0. The number of carboxylic acid groups (broad SMARTS) is 1. The molecule has 0 bridgehead atoms. The Morgan fingerprint density at radius 2 is 1.89 bits per heavy atom. The van der Waals surface area contributed by atoms with Crippen LogP contribution in [0, 0.1) is 28.6 Å². The van der Waals surface area contributed by atoms with Crippen LogP contribution in [0.1, 0.15) is 96.0 Å². The molecule has 1 aromatic heterocycles.